The molecule has 146 valence electrons. The van der Waals surface area contributed by atoms with Crippen LogP contribution >= 0.6 is 0 Å². The molecular formula is C22H36O3Si. The molecule has 0 amide bonds. The summed E-state index contributed by atoms with van der Waals surface area (Å²) in [7, 11) is -0.124. The standard InChI is InChI=1S/C22H36O3Si/c1-14-12-19(24-6)17-13-18(25-26(7,8)21(2,3)4)15-10-9-11-16(15)22(17,5)20(14)23/h12,16-17,19H,9-11,13H2,1-8H3/t16-,17-,19+,22-/m1/s1. The SMILES string of the molecule is CO[C@H]1C=C(C)C(=O)[C@]2(C)[C@@H]3CCCC3=C(O[Si](C)(C)C(C)(C)C)C[C@H]12. The van der Waals surface area contributed by atoms with Gasteiger partial charge in [0.1, 0.15) is 0 Å². The smallest absolute Gasteiger partial charge is 0.250 e. The number of hydrogen-bond acceptors (Lipinski definition) is 3. The van der Waals surface area contributed by atoms with E-state index in [9.17, 15) is 4.79 Å². The normalized spacial score (nSPS) is 35.2. The van der Waals surface area contributed by atoms with E-state index in [0.29, 0.717) is 11.7 Å². The highest BCUT2D eigenvalue weighted by molar-refractivity contribution is 6.74. The van der Waals surface area contributed by atoms with E-state index in [2.05, 4.69) is 40.8 Å². The summed E-state index contributed by atoms with van der Waals surface area (Å²) in [5.41, 5.74) is 1.97. The number of hydrogen-bond donors (Lipinski definition) is 0. The lowest BCUT2D eigenvalue weighted by Gasteiger charge is -2.51. The minimum atomic E-state index is -1.89. The van der Waals surface area contributed by atoms with Crippen LogP contribution in [0.15, 0.2) is 23.0 Å². The molecule has 4 heteroatoms. The molecule has 0 aromatic heterocycles. The molecule has 0 unspecified atom stereocenters. The first kappa shape index (κ1) is 19.9. The Hall–Kier alpha value is -0.873. The van der Waals surface area contributed by atoms with Crippen molar-refractivity contribution in [1.29, 1.82) is 0 Å². The summed E-state index contributed by atoms with van der Waals surface area (Å²) in [5.74, 6) is 2.01. The van der Waals surface area contributed by atoms with E-state index in [4.69, 9.17) is 9.16 Å². The first-order valence-electron chi connectivity index (χ1n) is 10.1. The van der Waals surface area contributed by atoms with Gasteiger partial charge < -0.3 is 9.16 Å². The summed E-state index contributed by atoms with van der Waals surface area (Å²) >= 11 is 0. The number of methoxy groups -OCH3 is 1. The number of ether oxygens (including phenoxy) is 1. The van der Waals surface area contributed by atoms with Crippen LogP contribution in [0.2, 0.25) is 18.1 Å². The predicted octanol–water partition coefficient (Wildman–Crippen LogP) is 5.63. The Labute approximate surface area is 160 Å². The zero-order valence-electron chi connectivity index (χ0n) is 17.9. The monoisotopic (exact) mass is 376 g/mol. The summed E-state index contributed by atoms with van der Waals surface area (Å²) in [4.78, 5) is 13.3. The van der Waals surface area contributed by atoms with Crippen molar-refractivity contribution in [3.8, 4) is 0 Å². The molecule has 0 bridgehead atoms. The highest BCUT2D eigenvalue weighted by Gasteiger charge is 2.58. The molecule has 1 fully saturated rings. The van der Waals surface area contributed by atoms with Gasteiger partial charge in [0.2, 0.25) is 8.32 Å². The summed E-state index contributed by atoms with van der Waals surface area (Å²) in [6.45, 7) is 15.7. The third-order valence-electron chi connectivity index (χ3n) is 7.73. The van der Waals surface area contributed by atoms with Gasteiger partial charge in [-0.2, -0.15) is 0 Å². The van der Waals surface area contributed by atoms with Crippen LogP contribution in [-0.2, 0) is 14.0 Å². The maximum Gasteiger partial charge on any atom is 0.250 e. The Kier molecular flexibility index (Phi) is 4.84. The molecule has 4 atom stereocenters. The lowest BCUT2D eigenvalue weighted by molar-refractivity contribution is -0.136. The molecule has 0 saturated heterocycles. The van der Waals surface area contributed by atoms with Gasteiger partial charge in [-0.05, 0) is 67.5 Å². The number of carbonyl (C=O) groups is 1. The lowest BCUT2D eigenvalue weighted by Crippen LogP contribution is -2.53. The predicted molar refractivity (Wildman–Crippen MR) is 108 cm³/mol. The van der Waals surface area contributed by atoms with E-state index < -0.39 is 8.32 Å². The van der Waals surface area contributed by atoms with Crippen LogP contribution in [0.4, 0.5) is 0 Å². The van der Waals surface area contributed by atoms with Gasteiger partial charge >= 0.3 is 0 Å². The third kappa shape index (κ3) is 2.84. The fraction of sp³-hybridized carbons (Fsp3) is 0.773. The number of Topliss-reactive ketones (excluding diaryl/α,β-unsaturated/α-hetero) is 1. The van der Waals surface area contributed by atoms with Crippen LogP contribution in [0.3, 0.4) is 0 Å². The average Bonchev–Trinajstić information content (AvgIpc) is 3.03. The van der Waals surface area contributed by atoms with Gasteiger partial charge in [0.25, 0.3) is 0 Å². The van der Waals surface area contributed by atoms with Crippen molar-refractivity contribution in [1.82, 2.24) is 0 Å². The first-order chi connectivity index (χ1) is 11.9. The Morgan fingerprint density at radius 2 is 1.92 bits per heavy atom. The second kappa shape index (κ2) is 6.34. The Morgan fingerprint density at radius 1 is 1.27 bits per heavy atom. The maximum atomic E-state index is 13.3. The topological polar surface area (TPSA) is 35.5 Å². The van der Waals surface area contributed by atoms with E-state index in [0.717, 1.165) is 24.8 Å². The van der Waals surface area contributed by atoms with Crippen molar-refractivity contribution in [2.24, 2.45) is 17.3 Å². The minimum absolute atomic E-state index is 0.00198. The van der Waals surface area contributed by atoms with Crippen LogP contribution in [-0.4, -0.2) is 27.3 Å². The van der Waals surface area contributed by atoms with Crippen molar-refractivity contribution >= 4 is 14.1 Å². The van der Waals surface area contributed by atoms with Gasteiger partial charge in [0.05, 0.1) is 11.9 Å². The molecule has 0 N–H and O–H groups in total. The van der Waals surface area contributed by atoms with Crippen LogP contribution in [0.5, 0.6) is 0 Å². The van der Waals surface area contributed by atoms with Crippen LogP contribution in [0.1, 0.15) is 60.3 Å². The van der Waals surface area contributed by atoms with Crippen molar-refractivity contribution < 1.29 is 14.0 Å². The van der Waals surface area contributed by atoms with Crippen LogP contribution in [0, 0.1) is 17.3 Å². The van der Waals surface area contributed by atoms with E-state index in [1.165, 1.54) is 17.8 Å². The average molecular weight is 377 g/mol. The van der Waals surface area contributed by atoms with Crippen molar-refractivity contribution in [2.45, 2.75) is 84.5 Å². The van der Waals surface area contributed by atoms with Crippen molar-refractivity contribution in [3.05, 3.63) is 23.0 Å². The van der Waals surface area contributed by atoms with Gasteiger partial charge in [-0.25, -0.2) is 0 Å². The quantitative estimate of drug-likeness (QED) is 0.599. The minimum Gasteiger partial charge on any atom is -0.547 e. The molecule has 3 aliphatic carbocycles. The number of ketones is 1. The van der Waals surface area contributed by atoms with E-state index in [1.54, 1.807) is 7.11 Å². The molecule has 0 aromatic rings. The highest BCUT2D eigenvalue weighted by atomic mass is 28.4. The Balaban J connectivity index is 2.05. The molecule has 0 radical (unpaired) electrons. The van der Waals surface area contributed by atoms with Crippen molar-refractivity contribution in [3.63, 3.8) is 0 Å². The third-order valence-corrected chi connectivity index (χ3v) is 12.1. The molecule has 26 heavy (non-hydrogen) atoms. The van der Waals surface area contributed by atoms with Crippen molar-refractivity contribution in [2.75, 3.05) is 7.11 Å². The molecule has 3 aliphatic rings. The molecule has 3 rings (SSSR count). The number of fused-ring (bicyclic) bond motifs is 3. The zero-order valence-corrected chi connectivity index (χ0v) is 18.9. The summed E-state index contributed by atoms with van der Waals surface area (Å²) in [5, 5.41) is 0.176. The summed E-state index contributed by atoms with van der Waals surface area (Å²) in [6.07, 6.45) is 6.23. The van der Waals surface area contributed by atoms with E-state index >= 15 is 0 Å². The number of rotatable bonds is 3. The largest absolute Gasteiger partial charge is 0.547 e. The second-order valence-corrected chi connectivity index (χ2v) is 15.0. The molecule has 0 aliphatic heterocycles. The molecule has 3 nitrogen and oxygen atoms in total. The van der Waals surface area contributed by atoms with Gasteiger partial charge in [-0.1, -0.05) is 27.7 Å². The second-order valence-electron chi connectivity index (χ2n) is 10.2. The highest BCUT2D eigenvalue weighted by Crippen LogP contribution is 2.59. The van der Waals surface area contributed by atoms with E-state index in [-0.39, 0.29) is 22.5 Å². The van der Waals surface area contributed by atoms with Crippen LogP contribution < -0.4 is 0 Å². The summed E-state index contributed by atoms with van der Waals surface area (Å²) in [6, 6.07) is 0. The van der Waals surface area contributed by atoms with Gasteiger partial charge in [-0.3, -0.25) is 4.79 Å². The number of allylic oxidation sites excluding steroid dienone is 3. The fourth-order valence-corrected chi connectivity index (χ4v) is 6.23. The molecule has 0 spiro atoms. The summed E-state index contributed by atoms with van der Waals surface area (Å²) < 4.78 is 12.7. The lowest BCUT2D eigenvalue weighted by atomic mass is 9.54. The number of carbonyl (C=O) groups excluding carboxylic acids is 1. The van der Waals surface area contributed by atoms with Gasteiger partial charge in [0, 0.05) is 24.9 Å². The molecule has 0 aromatic carbocycles. The van der Waals surface area contributed by atoms with Gasteiger partial charge in [0.15, 0.2) is 5.78 Å². The maximum absolute atomic E-state index is 13.3. The molecule has 0 heterocycles. The Bertz CT molecular complexity index is 667. The molecule has 1 saturated carbocycles. The molecular weight excluding hydrogens is 340 g/mol. The first-order valence-corrected chi connectivity index (χ1v) is 13.0. The fourth-order valence-electron chi connectivity index (χ4n) is 5.09. The van der Waals surface area contributed by atoms with Gasteiger partial charge in [-0.15, -0.1) is 0 Å². The van der Waals surface area contributed by atoms with E-state index in [1.807, 2.05) is 13.0 Å². The zero-order chi connectivity index (χ0) is 19.5. The Morgan fingerprint density at radius 3 is 2.50 bits per heavy atom. The van der Waals surface area contributed by atoms with Crippen LogP contribution in [0.25, 0.3) is 0 Å².